The number of nitrogens with one attached hydrogen (secondary N) is 2. The second-order valence-electron chi connectivity index (χ2n) is 4.83. The van der Waals surface area contributed by atoms with E-state index < -0.39 is 0 Å². The molecular weight excluding hydrogens is 334 g/mol. The highest BCUT2D eigenvalue weighted by Gasteiger charge is 2.13. The van der Waals surface area contributed by atoms with Crippen molar-refractivity contribution in [3.05, 3.63) is 46.6 Å². The van der Waals surface area contributed by atoms with Crippen LogP contribution < -0.4 is 14.8 Å². The van der Waals surface area contributed by atoms with Gasteiger partial charge in [-0.3, -0.25) is 5.10 Å². The normalized spacial score (nSPS) is 12.8. The highest BCUT2D eigenvalue weighted by Crippen LogP contribution is 2.33. The Hall–Kier alpha value is -2.21. The van der Waals surface area contributed by atoms with Crippen molar-refractivity contribution in [2.75, 3.05) is 12.1 Å². The third kappa shape index (κ3) is 2.31. The summed E-state index contributed by atoms with van der Waals surface area (Å²) in [5.74, 6) is 1.61. The molecule has 2 aromatic carbocycles. The van der Waals surface area contributed by atoms with Gasteiger partial charge in [-0.2, -0.15) is 5.10 Å². The van der Waals surface area contributed by atoms with Gasteiger partial charge in [0.15, 0.2) is 11.5 Å². The van der Waals surface area contributed by atoms with Crippen molar-refractivity contribution in [1.29, 1.82) is 0 Å². The lowest BCUT2D eigenvalue weighted by molar-refractivity contribution is 0.174. The second kappa shape index (κ2) is 4.96. The number of nitrogens with zero attached hydrogens (tertiary/aromatic N) is 1. The highest BCUT2D eigenvalue weighted by atomic mass is 79.9. The van der Waals surface area contributed by atoms with Crippen LogP contribution in [0.1, 0.15) is 5.56 Å². The first-order chi connectivity index (χ1) is 10.3. The van der Waals surface area contributed by atoms with Crippen LogP contribution in [0.4, 0.5) is 5.69 Å². The van der Waals surface area contributed by atoms with E-state index in [1.165, 1.54) is 0 Å². The maximum absolute atomic E-state index is 5.40. The molecule has 1 aromatic heterocycles. The van der Waals surface area contributed by atoms with Crippen molar-refractivity contribution in [2.45, 2.75) is 6.54 Å². The first-order valence-electron chi connectivity index (χ1n) is 6.54. The van der Waals surface area contributed by atoms with Crippen LogP contribution in [-0.4, -0.2) is 17.0 Å². The summed E-state index contributed by atoms with van der Waals surface area (Å²) < 4.78 is 11.7. The lowest BCUT2D eigenvalue weighted by Gasteiger charge is -2.09. The summed E-state index contributed by atoms with van der Waals surface area (Å²) in [4.78, 5) is 0. The molecule has 1 aliphatic rings. The number of anilines is 1. The molecule has 21 heavy (non-hydrogen) atoms. The molecule has 5 nitrogen and oxygen atoms in total. The number of aromatic nitrogens is 2. The fourth-order valence-corrected chi connectivity index (χ4v) is 2.87. The molecule has 0 spiro atoms. The van der Waals surface area contributed by atoms with E-state index in [2.05, 4.69) is 31.4 Å². The minimum absolute atomic E-state index is 0.299. The summed E-state index contributed by atoms with van der Waals surface area (Å²) in [7, 11) is 0. The summed E-state index contributed by atoms with van der Waals surface area (Å²) in [6, 6.07) is 10.0. The molecule has 0 amide bonds. The van der Waals surface area contributed by atoms with Crippen LogP contribution in [0.25, 0.3) is 10.9 Å². The minimum atomic E-state index is 0.299. The van der Waals surface area contributed by atoms with Gasteiger partial charge in [-0.1, -0.05) is 22.0 Å². The van der Waals surface area contributed by atoms with Gasteiger partial charge in [0.2, 0.25) is 6.79 Å². The predicted molar refractivity (Wildman–Crippen MR) is 83.7 cm³/mol. The van der Waals surface area contributed by atoms with E-state index in [9.17, 15) is 0 Å². The monoisotopic (exact) mass is 345 g/mol. The number of aromatic amines is 1. The number of fused-ring (bicyclic) bond motifs is 2. The van der Waals surface area contributed by atoms with E-state index >= 15 is 0 Å². The van der Waals surface area contributed by atoms with Crippen LogP contribution in [0.3, 0.4) is 0 Å². The van der Waals surface area contributed by atoms with E-state index in [-0.39, 0.29) is 0 Å². The van der Waals surface area contributed by atoms with E-state index in [1.54, 1.807) is 0 Å². The largest absolute Gasteiger partial charge is 0.454 e. The van der Waals surface area contributed by atoms with Crippen molar-refractivity contribution in [3.8, 4) is 11.5 Å². The number of H-pyrrole nitrogens is 1. The Kier molecular flexibility index (Phi) is 2.96. The van der Waals surface area contributed by atoms with Crippen LogP contribution in [0.5, 0.6) is 11.5 Å². The van der Waals surface area contributed by atoms with Crippen molar-refractivity contribution < 1.29 is 9.47 Å². The SMILES string of the molecule is Brc1cc(NCc2ccc3c(c2)OCO3)c2cn[nH]c2c1. The van der Waals surface area contributed by atoms with Gasteiger partial charge in [-0.05, 0) is 29.8 Å². The zero-order valence-corrected chi connectivity index (χ0v) is 12.6. The van der Waals surface area contributed by atoms with Gasteiger partial charge in [0.1, 0.15) is 0 Å². The van der Waals surface area contributed by atoms with Gasteiger partial charge in [-0.25, -0.2) is 0 Å². The quantitative estimate of drug-likeness (QED) is 0.760. The molecule has 0 saturated heterocycles. The molecule has 0 bridgehead atoms. The summed E-state index contributed by atoms with van der Waals surface area (Å²) >= 11 is 3.51. The summed E-state index contributed by atoms with van der Waals surface area (Å²) in [6.07, 6.45) is 1.82. The number of ether oxygens (including phenoxy) is 2. The van der Waals surface area contributed by atoms with Crippen molar-refractivity contribution in [1.82, 2.24) is 10.2 Å². The van der Waals surface area contributed by atoms with E-state index in [0.717, 1.165) is 38.1 Å². The van der Waals surface area contributed by atoms with Crippen LogP contribution in [-0.2, 0) is 6.54 Å². The number of hydrogen-bond acceptors (Lipinski definition) is 4. The molecule has 3 aromatic rings. The Morgan fingerprint density at radius 3 is 3.05 bits per heavy atom. The summed E-state index contributed by atoms with van der Waals surface area (Å²) in [5.41, 5.74) is 3.17. The number of hydrogen-bond donors (Lipinski definition) is 2. The minimum Gasteiger partial charge on any atom is -0.454 e. The van der Waals surface area contributed by atoms with Gasteiger partial charge < -0.3 is 14.8 Å². The lowest BCUT2D eigenvalue weighted by Crippen LogP contribution is -1.99. The molecule has 0 aliphatic carbocycles. The van der Waals surface area contributed by atoms with Gasteiger partial charge in [0.25, 0.3) is 0 Å². The molecule has 0 unspecified atom stereocenters. The van der Waals surface area contributed by atoms with Crippen LogP contribution in [0.2, 0.25) is 0 Å². The average molecular weight is 346 g/mol. The van der Waals surface area contributed by atoms with Crippen LogP contribution >= 0.6 is 15.9 Å². The van der Waals surface area contributed by atoms with E-state index in [1.807, 2.05) is 36.5 Å². The molecule has 2 N–H and O–H groups in total. The second-order valence-corrected chi connectivity index (χ2v) is 5.74. The zero-order valence-electron chi connectivity index (χ0n) is 11.0. The number of benzene rings is 2. The predicted octanol–water partition coefficient (Wildman–Crippen LogP) is 3.67. The molecule has 0 saturated carbocycles. The molecule has 2 heterocycles. The third-order valence-electron chi connectivity index (χ3n) is 3.44. The number of halogens is 1. The smallest absolute Gasteiger partial charge is 0.231 e. The average Bonchev–Trinajstić information content (AvgIpc) is 3.12. The van der Waals surface area contributed by atoms with E-state index in [0.29, 0.717) is 13.3 Å². The van der Waals surface area contributed by atoms with Gasteiger partial charge in [-0.15, -0.1) is 0 Å². The summed E-state index contributed by atoms with van der Waals surface area (Å²) in [6.45, 7) is 1.00. The van der Waals surface area contributed by atoms with Crippen LogP contribution in [0.15, 0.2) is 41.0 Å². The fraction of sp³-hybridized carbons (Fsp3) is 0.133. The van der Waals surface area contributed by atoms with Gasteiger partial charge >= 0.3 is 0 Å². The van der Waals surface area contributed by atoms with Crippen molar-refractivity contribution in [3.63, 3.8) is 0 Å². The van der Waals surface area contributed by atoms with E-state index in [4.69, 9.17) is 9.47 Å². The Morgan fingerprint density at radius 2 is 2.10 bits per heavy atom. The Balaban J connectivity index is 1.59. The zero-order chi connectivity index (χ0) is 14.2. The molecule has 6 heteroatoms. The maximum atomic E-state index is 5.40. The van der Waals surface area contributed by atoms with Gasteiger partial charge in [0.05, 0.1) is 11.7 Å². The third-order valence-corrected chi connectivity index (χ3v) is 3.90. The van der Waals surface area contributed by atoms with Crippen LogP contribution in [0, 0.1) is 0 Å². The Morgan fingerprint density at radius 1 is 1.19 bits per heavy atom. The Labute approximate surface area is 129 Å². The molecule has 0 atom stereocenters. The van der Waals surface area contributed by atoms with Gasteiger partial charge in [0, 0.05) is 22.1 Å². The molecule has 1 aliphatic heterocycles. The molecule has 0 radical (unpaired) electrons. The standard InChI is InChI=1S/C15H12BrN3O2/c16-10-4-12(11-7-18-19-13(11)5-10)17-6-9-1-2-14-15(3-9)21-8-20-14/h1-5,7,17H,6,8H2,(H,18,19). The lowest BCUT2D eigenvalue weighted by atomic mass is 10.2. The molecule has 4 rings (SSSR count). The first-order valence-corrected chi connectivity index (χ1v) is 7.34. The molecule has 0 fully saturated rings. The summed E-state index contributed by atoms with van der Waals surface area (Å²) in [5, 5.41) is 11.6. The highest BCUT2D eigenvalue weighted by molar-refractivity contribution is 9.10. The molecular formula is C15H12BrN3O2. The topological polar surface area (TPSA) is 59.2 Å². The number of rotatable bonds is 3. The maximum Gasteiger partial charge on any atom is 0.231 e. The first kappa shape index (κ1) is 12.5. The Bertz CT molecular complexity index is 816. The molecule has 106 valence electrons. The fourth-order valence-electron chi connectivity index (χ4n) is 2.41. The van der Waals surface area contributed by atoms with Crippen molar-refractivity contribution in [2.24, 2.45) is 0 Å². The van der Waals surface area contributed by atoms with Crippen molar-refractivity contribution >= 4 is 32.5 Å².